The molecular weight excluding hydrogens is 290 g/mol. The first-order valence-electron chi connectivity index (χ1n) is 6.61. The Morgan fingerprint density at radius 1 is 1.29 bits per heavy atom. The highest BCUT2D eigenvalue weighted by Crippen LogP contribution is 2.35. The largest absolute Gasteiger partial charge is 0.554 e. The topological polar surface area (TPSA) is 77.3 Å². The summed E-state index contributed by atoms with van der Waals surface area (Å²) in [4.78, 5) is 8.25. The molecule has 0 amide bonds. The van der Waals surface area contributed by atoms with Crippen molar-refractivity contribution in [1.82, 2.24) is 0 Å². The van der Waals surface area contributed by atoms with Crippen molar-refractivity contribution < 1.29 is 22.9 Å². The summed E-state index contributed by atoms with van der Waals surface area (Å²) in [5, 5.41) is 9.58. The van der Waals surface area contributed by atoms with Gasteiger partial charge in [0.05, 0.1) is 5.41 Å². The lowest BCUT2D eigenvalue weighted by Gasteiger charge is -2.09. The third-order valence-corrected chi connectivity index (χ3v) is 3.75. The Kier molecular flexibility index (Phi) is 6.30. The van der Waals surface area contributed by atoms with Crippen molar-refractivity contribution in [1.29, 1.82) is 0 Å². The first kappa shape index (κ1) is 17.1. The molecule has 1 aromatic carbocycles. The average Bonchev–Trinajstić information content (AvgIpc) is 2.68. The Morgan fingerprint density at radius 3 is 2.52 bits per heavy atom. The molecule has 0 saturated carbocycles. The zero-order valence-electron chi connectivity index (χ0n) is 12.2. The SMILES string of the molecule is CC1(C)C=[N+](CCCC=S(=O)=O)c2ccccc21.O=C[O-]. The number of hydrogen-bond acceptors (Lipinski definition) is 4. The molecule has 1 aliphatic rings. The van der Waals surface area contributed by atoms with Crippen molar-refractivity contribution in [3.63, 3.8) is 0 Å². The number of rotatable bonds is 4. The first-order chi connectivity index (χ1) is 9.92. The summed E-state index contributed by atoms with van der Waals surface area (Å²) < 4.78 is 23.1. The number of para-hydroxylation sites is 1. The maximum atomic E-state index is 10.4. The van der Waals surface area contributed by atoms with E-state index in [1.54, 1.807) is 0 Å². The molecule has 0 atom stereocenters. The van der Waals surface area contributed by atoms with E-state index in [1.807, 2.05) is 6.07 Å². The summed E-state index contributed by atoms with van der Waals surface area (Å²) in [5.74, 6) is 0. The Bertz CT molecular complexity index is 652. The molecule has 0 spiro atoms. The fourth-order valence-corrected chi connectivity index (χ4v) is 2.78. The van der Waals surface area contributed by atoms with Gasteiger partial charge in [-0.1, -0.05) is 18.2 Å². The molecule has 114 valence electrons. The van der Waals surface area contributed by atoms with Crippen molar-refractivity contribution in [2.24, 2.45) is 0 Å². The zero-order chi connectivity index (χ0) is 15.9. The lowest BCUT2D eigenvalue weighted by atomic mass is 9.87. The molecule has 0 aliphatic carbocycles. The van der Waals surface area contributed by atoms with Crippen molar-refractivity contribution in [2.45, 2.75) is 32.1 Å². The van der Waals surface area contributed by atoms with E-state index in [1.165, 1.54) is 16.6 Å². The number of fused-ring (bicyclic) bond motifs is 1. The van der Waals surface area contributed by atoms with E-state index in [0.717, 1.165) is 13.0 Å². The van der Waals surface area contributed by atoms with Crippen LogP contribution in [0.15, 0.2) is 24.3 Å². The molecular formula is C15H19NO4S. The first-order valence-corrected chi connectivity index (χ1v) is 7.75. The van der Waals surface area contributed by atoms with Gasteiger partial charge in [0.1, 0.15) is 6.54 Å². The van der Waals surface area contributed by atoms with E-state index in [4.69, 9.17) is 9.90 Å². The maximum absolute atomic E-state index is 10.4. The van der Waals surface area contributed by atoms with Crippen LogP contribution < -0.4 is 5.11 Å². The number of carbonyl (C=O) groups is 1. The minimum absolute atomic E-state index is 0.0572. The second-order valence-corrected chi connectivity index (χ2v) is 6.08. The Labute approximate surface area is 126 Å². The van der Waals surface area contributed by atoms with Gasteiger partial charge in [0.2, 0.25) is 16.0 Å². The van der Waals surface area contributed by atoms with Crippen LogP contribution in [0.3, 0.4) is 0 Å². The van der Waals surface area contributed by atoms with Crippen molar-refractivity contribution in [3.8, 4) is 0 Å². The van der Waals surface area contributed by atoms with E-state index in [0.29, 0.717) is 6.42 Å². The van der Waals surface area contributed by atoms with E-state index < -0.39 is 16.8 Å². The van der Waals surface area contributed by atoms with Crippen LogP contribution in [0.4, 0.5) is 5.69 Å². The second-order valence-electron chi connectivity index (χ2n) is 5.23. The summed E-state index contributed by atoms with van der Waals surface area (Å²) in [7, 11) is -2.03. The van der Waals surface area contributed by atoms with Crippen LogP contribution >= 0.6 is 0 Å². The molecule has 0 unspecified atom stereocenters. The summed E-state index contributed by atoms with van der Waals surface area (Å²) in [6.07, 6.45) is 3.67. The second kappa shape index (κ2) is 7.73. The highest BCUT2D eigenvalue weighted by molar-refractivity contribution is 7.71. The van der Waals surface area contributed by atoms with Crippen LogP contribution in [0, 0.1) is 0 Å². The van der Waals surface area contributed by atoms with E-state index in [2.05, 4.69) is 42.8 Å². The number of benzene rings is 1. The Balaban J connectivity index is 0.000000677. The molecule has 1 aliphatic heterocycles. The van der Waals surface area contributed by atoms with Gasteiger partial charge in [0.15, 0.2) is 6.21 Å². The molecule has 0 bridgehead atoms. The summed E-state index contributed by atoms with van der Waals surface area (Å²) in [6, 6.07) is 8.38. The Hall–Kier alpha value is -1.95. The standard InChI is InChI=1S/C14H18NO2S.CH2O2/c1-14(2)11-15(9-5-6-10-18(16)17)13-8-4-3-7-12(13)14;2-1-3/h3-4,7-8,10-11H,5-6,9H2,1-2H3;1H,(H,2,3)/q+1;/p-1. The van der Waals surface area contributed by atoms with Gasteiger partial charge in [-0.3, -0.25) is 0 Å². The average molecular weight is 309 g/mol. The lowest BCUT2D eigenvalue weighted by molar-refractivity contribution is -0.433. The Morgan fingerprint density at radius 2 is 1.90 bits per heavy atom. The van der Waals surface area contributed by atoms with E-state index in [9.17, 15) is 8.42 Å². The number of carbonyl (C=O) groups excluding carboxylic acids is 1. The fourth-order valence-electron chi connectivity index (χ4n) is 2.42. The van der Waals surface area contributed by atoms with Crippen LogP contribution in [0.25, 0.3) is 0 Å². The minimum atomic E-state index is -2.03. The van der Waals surface area contributed by atoms with Gasteiger partial charge in [0.25, 0.3) is 0 Å². The highest BCUT2D eigenvalue weighted by atomic mass is 32.2. The van der Waals surface area contributed by atoms with E-state index >= 15 is 0 Å². The molecule has 2 rings (SSSR count). The van der Waals surface area contributed by atoms with E-state index in [-0.39, 0.29) is 5.41 Å². The molecule has 0 N–H and O–H groups in total. The number of carboxylic acid groups (broad SMARTS) is 1. The van der Waals surface area contributed by atoms with Crippen LogP contribution in [0.1, 0.15) is 32.3 Å². The maximum Gasteiger partial charge on any atom is 0.209 e. The van der Waals surface area contributed by atoms with Gasteiger partial charge in [-0.05, 0) is 20.3 Å². The fraction of sp³-hybridized carbons (Fsp3) is 0.400. The third kappa shape index (κ3) is 4.82. The van der Waals surface area contributed by atoms with Crippen LogP contribution in [-0.2, 0) is 20.5 Å². The van der Waals surface area contributed by atoms with Gasteiger partial charge >= 0.3 is 0 Å². The van der Waals surface area contributed by atoms with Gasteiger partial charge in [-0.2, -0.15) is 8.42 Å². The van der Waals surface area contributed by atoms with Gasteiger partial charge in [-0.15, -0.1) is 0 Å². The molecule has 0 aromatic heterocycles. The molecule has 6 heteroatoms. The number of hydrogen-bond donors (Lipinski definition) is 0. The van der Waals surface area contributed by atoms with Gasteiger partial charge < -0.3 is 9.90 Å². The molecule has 21 heavy (non-hydrogen) atoms. The van der Waals surface area contributed by atoms with Crippen molar-refractivity contribution in [3.05, 3.63) is 29.8 Å². The highest BCUT2D eigenvalue weighted by Gasteiger charge is 2.36. The van der Waals surface area contributed by atoms with Crippen LogP contribution in [0.2, 0.25) is 0 Å². The van der Waals surface area contributed by atoms with Crippen molar-refractivity contribution >= 4 is 34.0 Å². The normalized spacial score (nSPS) is 14.3. The zero-order valence-corrected chi connectivity index (χ0v) is 13.0. The molecule has 0 saturated heterocycles. The molecule has 5 nitrogen and oxygen atoms in total. The minimum Gasteiger partial charge on any atom is -0.554 e. The smallest absolute Gasteiger partial charge is 0.209 e. The van der Waals surface area contributed by atoms with Crippen LogP contribution in [-0.4, -0.2) is 37.6 Å². The molecule has 0 fully saturated rings. The number of nitrogens with zero attached hydrogens (tertiary/aromatic N) is 1. The number of unbranched alkanes of at least 4 members (excludes halogenated alkanes) is 1. The molecule has 1 heterocycles. The monoisotopic (exact) mass is 309 g/mol. The van der Waals surface area contributed by atoms with Gasteiger partial charge in [-0.25, -0.2) is 4.58 Å². The quantitative estimate of drug-likeness (QED) is 0.352. The summed E-state index contributed by atoms with van der Waals surface area (Å²) in [6.45, 7) is 4.75. The van der Waals surface area contributed by atoms with Crippen molar-refractivity contribution in [2.75, 3.05) is 6.54 Å². The van der Waals surface area contributed by atoms with Crippen LogP contribution in [0.5, 0.6) is 0 Å². The van der Waals surface area contributed by atoms with Gasteiger partial charge in [0, 0.05) is 29.9 Å². The third-order valence-electron chi connectivity index (χ3n) is 3.24. The molecule has 0 radical (unpaired) electrons. The predicted molar refractivity (Wildman–Crippen MR) is 80.6 cm³/mol. The summed E-state index contributed by atoms with van der Waals surface area (Å²) >= 11 is 0. The predicted octanol–water partition coefficient (Wildman–Crippen LogP) is 0.520. The molecule has 1 aromatic rings. The lowest BCUT2D eigenvalue weighted by Crippen LogP contribution is -2.17. The summed E-state index contributed by atoms with van der Waals surface area (Å²) in [5.41, 5.74) is 2.63.